The molecule has 0 aliphatic carbocycles. The summed E-state index contributed by atoms with van der Waals surface area (Å²) < 4.78 is 4.55. The van der Waals surface area contributed by atoms with E-state index in [0.717, 1.165) is 74.8 Å². The molecule has 262 valence electrons. The van der Waals surface area contributed by atoms with Crippen LogP contribution >= 0.6 is 22.7 Å². The maximum Gasteiger partial charge on any atom is 0.164 e. The molecule has 0 bridgehead atoms. The highest BCUT2D eigenvalue weighted by molar-refractivity contribution is 7.26. The molecule has 11 rings (SSSR count). The molecule has 0 N–H and O–H groups in total. The number of hydrogen-bond acceptors (Lipinski definition) is 7. The van der Waals surface area contributed by atoms with Gasteiger partial charge in [-0.2, -0.15) is 0 Å². The van der Waals surface area contributed by atoms with Gasteiger partial charge in [-0.05, 0) is 35.4 Å². The summed E-state index contributed by atoms with van der Waals surface area (Å²) in [4.78, 5) is 26.0. The molecule has 56 heavy (non-hydrogen) atoms. The molecule has 11 aromatic rings. The third kappa shape index (κ3) is 5.56. The van der Waals surface area contributed by atoms with Gasteiger partial charge in [-0.3, -0.25) is 0 Å². The fourth-order valence-electron chi connectivity index (χ4n) is 7.52. The molecule has 0 atom stereocenters. The summed E-state index contributed by atoms with van der Waals surface area (Å²) in [5.41, 5.74) is 9.15. The second-order valence-corrected chi connectivity index (χ2v) is 15.7. The van der Waals surface area contributed by atoms with Crippen LogP contribution in [0.3, 0.4) is 0 Å². The van der Waals surface area contributed by atoms with Gasteiger partial charge in [0.1, 0.15) is 0 Å². The minimum atomic E-state index is 0.636. The molecule has 0 saturated carbocycles. The van der Waals surface area contributed by atoms with E-state index in [9.17, 15) is 0 Å². The average Bonchev–Trinajstić information content (AvgIpc) is 3.86. The Morgan fingerprint density at radius 1 is 0.321 bits per heavy atom. The molecule has 0 unspecified atom stereocenters. The predicted molar refractivity (Wildman–Crippen MR) is 234 cm³/mol. The molecule has 0 saturated heterocycles. The molecular formula is C49H29N5S2. The Balaban J connectivity index is 1.13. The van der Waals surface area contributed by atoms with Gasteiger partial charge in [-0.25, -0.2) is 24.9 Å². The van der Waals surface area contributed by atoms with E-state index in [4.69, 9.17) is 24.9 Å². The first-order valence-corrected chi connectivity index (χ1v) is 20.1. The van der Waals surface area contributed by atoms with E-state index in [2.05, 4.69) is 115 Å². The number of fused-ring (bicyclic) bond motifs is 6. The second kappa shape index (κ2) is 13.4. The summed E-state index contributed by atoms with van der Waals surface area (Å²) in [5, 5.41) is 3.37. The Kier molecular flexibility index (Phi) is 7.79. The number of benzene rings is 7. The van der Waals surface area contributed by atoms with Gasteiger partial charge in [0, 0.05) is 58.1 Å². The van der Waals surface area contributed by atoms with Gasteiger partial charge in [-0.1, -0.05) is 152 Å². The average molecular weight is 752 g/mol. The Labute approximate surface area is 330 Å². The molecule has 4 heterocycles. The molecule has 0 aliphatic rings. The second-order valence-electron chi connectivity index (χ2n) is 13.6. The molecule has 0 amide bonds. The number of rotatable bonds is 6. The smallest absolute Gasteiger partial charge is 0.164 e. The lowest BCUT2D eigenvalue weighted by atomic mass is 10.0. The number of thiophene rings is 2. The number of nitrogens with zero attached hydrogens (tertiary/aromatic N) is 5. The molecule has 4 aromatic heterocycles. The van der Waals surface area contributed by atoms with Gasteiger partial charge in [0.2, 0.25) is 0 Å². The SMILES string of the molecule is c1ccc(-c2cccc(-c3nc(-c4cccc5c4sc4cccc(-c6nc(-c7ccccc7)nc(-c7ccccc7)n6)c45)nc4c3sc3ccccc34)c2)cc1. The van der Waals surface area contributed by atoms with Crippen molar-refractivity contribution in [3.8, 4) is 67.9 Å². The highest BCUT2D eigenvalue weighted by Gasteiger charge is 2.22. The van der Waals surface area contributed by atoms with E-state index < -0.39 is 0 Å². The van der Waals surface area contributed by atoms with Crippen LogP contribution in [0, 0.1) is 0 Å². The van der Waals surface area contributed by atoms with E-state index in [-0.39, 0.29) is 0 Å². The van der Waals surface area contributed by atoms with Crippen LogP contribution in [-0.4, -0.2) is 24.9 Å². The summed E-state index contributed by atoms with van der Waals surface area (Å²) in [6.07, 6.45) is 0. The lowest BCUT2D eigenvalue weighted by Gasteiger charge is -2.10. The summed E-state index contributed by atoms with van der Waals surface area (Å²) in [7, 11) is 0. The minimum Gasteiger partial charge on any atom is -0.226 e. The van der Waals surface area contributed by atoms with Crippen molar-refractivity contribution >= 4 is 63.1 Å². The van der Waals surface area contributed by atoms with Crippen LogP contribution < -0.4 is 0 Å². The molecule has 0 aliphatic heterocycles. The van der Waals surface area contributed by atoms with E-state index in [1.807, 2.05) is 60.7 Å². The molecule has 7 heteroatoms. The molecule has 0 fully saturated rings. The maximum absolute atomic E-state index is 5.44. The topological polar surface area (TPSA) is 64.5 Å². The van der Waals surface area contributed by atoms with Crippen LogP contribution in [0.4, 0.5) is 0 Å². The molecular weight excluding hydrogens is 723 g/mol. The van der Waals surface area contributed by atoms with Crippen LogP contribution in [0.2, 0.25) is 0 Å². The van der Waals surface area contributed by atoms with Gasteiger partial charge in [0.15, 0.2) is 23.3 Å². The molecule has 0 spiro atoms. The lowest BCUT2D eigenvalue weighted by molar-refractivity contribution is 1.08. The summed E-state index contributed by atoms with van der Waals surface area (Å²) in [6, 6.07) is 60.8. The first-order valence-electron chi connectivity index (χ1n) is 18.4. The zero-order valence-corrected chi connectivity index (χ0v) is 31.4. The van der Waals surface area contributed by atoms with E-state index in [1.54, 1.807) is 22.7 Å². The van der Waals surface area contributed by atoms with Crippen molar-refractivity contribution in [1.29, 1.82) is 0 Å². The van der Waals surface area contributed by atoms with Crippen LogP contribution in [0.25, 0.3) is 108 Å². The maximum atomic E-state index is 5.44. The van der Waals surface area contributed by atoms with Crippen molar-refractivity contribution in [2.24, 2.45) is 0 Å². The van der Waals surface area contributed by atoms with Crippen LogP contribution in [0.1, 0.15) is 0 Å². The third-order valence-corrected chi connectivity index (χ3v) is 12.5. The lowest BCUT2D eigenvalue weighted by Crippen LogP contribution is -2.00. The van der Waals surface area contributed by atoms with Crippen molar-refractivity contribution in [1.82, 2.24) is 24.9 Å². The monoisotopic (exact) mass is 751 g/mol. The van der Waals surface area contributed by atoms with Crippen molar-refractivity contribution in [2.75, 3.05) is 0 Å². The van der Waals surface area contributed by atoms with E-state index in [1.165, 1.54) is 10.3 Å². The highest BCUT2D eigenvalue weighted by atomic mass is 32.1. The van der Waals surface area contributed by atoms with Crippen LogP contribution in [0.5, 0.6) is 0 Å². The Morgan fingerprint density at radius 3 is 1.59 bits per heavy atom. The van der Waals surface area contributed by atoms with Crippen LogP contribution in [-0.2, 0) is 0 Å². The van der Waals surface area contributed by atoms with E-state index in [0.29, 0.717) is 23.3 Å². The minimum absolute atomic E-state index is 0.636. The van der Waals surface area contributed by atoms with Gasteiger partial charge < -0.3 is 0 Å². The fourth-order valence-corrected chi connectivity index (χ4v) is 9.91. The molecule has 7 aromatic carbocycles. The Bertz CT molecular complexity index is 3190. The first-order chi connectivity index (χ1) is 27.7. The van der Waals surface area contributed by atoms with Crippen molar-refractivity contribution < 1.29 is 0 Å². The zero-order valence-electron chi connectivity index (χ0n) is 29.8. The largest absolute Gasteiger partial charge is 0.226 e. The Hall–Kier alpha value is -6.93. The number of aromatic nitrogens is 5. The number of hydrogen-bond donors (Lipinski definition) is 0. The Morgan fingerprint density at radius 2 is 0.839 bits per heavy atom. The first kappa shape index (κ1) is 32.5. The standard InChI is InChI=1S/C49H29N5S2/c1-4-15-30(16-5-1)33-21-12-22-34(29-33)42-45-43(35-23-10-11-27-39(35)55-45)51-49(50-42)38-26-13-24-36-41-37(25-14-28-40(41)56-44(36)38)48-53-46(31-17-6-2-7-18-31)52-47(54-48)32-19-8-3-9-20-32/h1-29H. The summed E-state index contributed by atoms with van der Waals surface area (Å²) >= 11 is 3.51. The predicted octanol–water partition coefficient (Wildman–Crippen LogP) is 13.4. The van der Waals surface area contributed by atoms with Gasteiger partial charge in [0.25, 0.3) is 0 Å². The van der Waals surface area contributed by atoms with Gasteiger partial charge in [-0.15, -0.1) is 22.7 Å². The normalized spacial score (nSPS) is 11.6. The van der Waals surface area contributed by atoms with Crippen LogP contribution in [0.15, 0.2) is 176 Å². The van der Waals surface area contributed by atoms with Crippen molar-refractivity contribution in [3.05, 3.63) is 176 Å². The van der Waals surface area contributed by atoms with Gasteiger partial charge in [0.05, 0.1) is 15.9 Å². The zero-order chi connectivity index (χ0) is 37.0. The summed E-state index contributed by atoms with van der Waals surface area (Å²) in [6.45, 7) is 0. The quantitative estimate of drug-likeness (QED) is 0.169. The molecule has 0 radical (unpaired) electrons. The third-order valence-electron chi connectivity index (χ3n) is 10.2. The van der Waals surface area contributed by atoms with Gasteiger partial charge >= 0.3 is 0 Å². The van der Waals surface area contributed by atoms with Crippen molar-refractivity contribution in [3.63, 3.8) is 0 Å². The summed E-state index contributed by atoms with van der Waals surface area (Å²) in [5.74, 6) is 2.62. The highest BCUT2D eigenvalue weighted by Crippen LogP contribution is 2.45. The fraction of sp³-hybridized carbons (Fsp3) is 0. The molecule has 5 nitrogen and oxygen atoms in total. The van der Waals surface area contributed by atoms with E-state index >= 15 is 0 Å². The van der Waals surface area contributed by atoms with Crippen molar-refractivity contribution in [2.45, 2.75) is 0 Å².